The molecule has 9 nitrogen and oxygen atoms in total. The van der Waals surface area contributed by atoms with E-state index in [-0.39, 0.29) is 48.8 Å². The number of rotatable bonds is 13. The number of amides is 3. The van der Waals surface area contributed by atoms with Gasteiger partial charge in [-0.15, -0.1) is 13.2 Å². The molecule has 3 unspecified atom stereocenters. The minimum absolute atomic E-state index is 0.0785. The van der Waals surface area contributed by atoms with Crippen molar-refractivity contribution < 1.29 is 29.0 Å². The van der Waals surface area contributed by atoms with E-state index in [1.165, 1.54) is 4.90 Å². The van der Waals surface area contributed by atoms with Crippen LogP contribution >= 0.6 is 0 Å². The number of benzene rings is 1. The Bertz CT molecular complexity index is 1340. The molecule has 1 aromatic carbocycles. The summed E-state index contributed by atoms with van der Waals surface area (Å²) in [5, 5.41) is 10.4. The van der Waals surface area contributed by atoms with Gasteiger partial charge >= 0.3 is 0 Å². The van der Waals surface area contributed by atoms with Gasteiger partial charge in [0.05, 0.1) is 36.7 Å². The fourth-order valence-electron chi connectivity index (χ4n) is 8.71. The summed E-state index contributed by atoms with van der Waals surface area (Å²) >= 11 is 0. The van der Waals surface area contributed by atoms with Crippen LogP contribution in [0.25, 0.3) is 0 Å². The summed E-state index contributed by atoms with van der Waals surface area (Å²) < 4.78 is 12.6. The lowest BCUT2D eigenvalue weighted by atomic mass is 9.62. The molecule has 4 rings (SSSR count). The molecule has 0 saturated carbocycles. The maximum atomic E-state index is 15.0. The average molecular weight is 638 g/mol. The number of ether oxygens (including phenoxy) is 2. The van der Waals surface area contributed by atoms with Gasteiger partial charge in [-0.1, -0.05) is 39.8 Å². The molecule has 0 radical (unpaired) electrons. The van der Waals surface area contributed by atoms with E-state index >= 15 is 4.79 Å². The van der Waals surface area contributed by atoms with E-state index in [1.807, 2.05) is 58.9 Å². The summed E-state index contributed by atoms with van der Waals surface area (Å²) in [5.41, 5.74) is -2.22. The van der Waals surface area contributed by atoms with E-state index in [0.717, 1.165) is 0 Å². The normalized spacial score (nSPS) is 29.3. The molecule has 1 aromatic rings. The van der Waals surface area contributed by atoms with Crippen molar-refractivity contribution in [2.24, 2.45) is 23.2 Å². The van der Waals surface area contributed by atoms with Crippen LogP contribution in [0.4, 0.5) is 5.69 Å². The van der Waals surface area contributed by atoms with Crippen molar-refractivity contribution in [1.82, 2.24) is 9.80 Å². The van der Waals surface area contributed by atoms with E-state index in [1.54, 1.807) is 28.9 Å². The van der Waals surface area contributed by atoms with E-state index in [0.29, 0.717) is 30.9 Å². The molecule has 2 bridgehead atoms. The third-order valence-corrected chi connectivity index (χ3v) is 10.3. The number of carbonyl (C=O) groups excluding carboxylic acids is 3. The molecule has 254 valence electrons. The Morgan fingerprint density at radius 1 is 1.13 bits per heavy atom. The van der Waals surface area contributed by atoms with Crippen molar-refractivity contribution in [3.63, 3.8) is 0 Å². The average Bonchev–Trinajstić information content (AvgIpc) is 3.49. The minimum Gasteiger partial charge on any atom is -0.494 e. The first kappa shape index (κ1) is 35.7. The third kappa shape index (κ3) is 5.89. The van der Waals surface area contributed by atoms with Gasteiger partial charge in [0.1, 0.15) is 17.4 Å². The molecule has 3 fully saturated rings. The van der Waals surface area contributed by atoms with Gasteiger partial charge < -0.3 is 29.3 Å². The van der Waals surface area contributed by atoms with Gasteiger partial charge in [-0.05, 0) is 83.1 Å². The van der Waals surface area contributed by atoms with Gasteiger partial charge in [0, 0.05) is 24.3 Å². The standard InChI is InChI=1S/C37H55N3O6/c1-12-19-38(26-15-17-27(18-16-26)45-14-3)31(42)28-29-32(43)40(25(5)22-41)30(37(29)21-24(4)36(28,11)46-37)33(44)39(20-13-2)35(9,10)23-34(6,7)8/h12-13,15-18,24-25,28-30,41H,1-2,14,19-23H2,3-11H3/t24?,25-,28+,29+,30?,36-,37?/m1/s1. The van der Waals surface area contributed by atoms with E-state index in [9.17, 15) is 14.7 Å². The summed E-state index contributed by atoms with van der Waals surface area (Å²) in [5.74, 6) is -1.99. The zero-order valence-corrected chi connectivity index (χ0v) is 29.3. The molecule has 7 atom stereocenters. The predicted molar refractivity (Wildman–Crippen MR) is 180 cm³/mol. The van der Waals surface area contributed by atoms with Crippen molar-refractivity contribution in [3.05, 3.63) is 49.6 Å². The maximum Gasteiger partial charge on any atom is 0.249 e. The highest BCUT2D eigenvalue weighted by molar-refractivity contribution is 6.03. The number of aliphatic hydroxyl groups is 1. The lowest BCUT2D eigenvalue weighted by Crippen LogP contribution is -2.62. The second kappa shape index (κ2) is 12.8. The fraction of sp³-hybridized carbons (Fsp3) is 0.649. The number of likely N-dealkylation sites (tertiary alicyclic amines) is 1. The van der Waals surface area contributed by atoms with Gasteiger partial charge in [0.15, 0.2) is 0 Å². The number of nitrogens with zero attached hydrogens (tertiary/aromatic N) is 3. The van der Waals surface area contributed by atoms with Crippen LogP contribution in [-0.2, 0) is 19.1 Å². The number of aliphatic hydroxyl groups excluding tert-OH is 1. The molecule has 3 amide bonds. The number of hydrogen-bond acceptors (Lipinski definition) is 6. The first-order valence-electron chi connectivity index (χ1n) is 16.6. The highest BCUT2D eigenvalue weighted by atomic mass is 16.5. The van der Waals surface area contributed by atoms with Crippen molar-refractivity contribution in [3.8, 4) is 5.75 Å². The molecule has 0 aliphatic carbocycles. The molecule has 3 heterocycles. The highest BCUT2D eigenvalue weighted by Gasteiger charge is 2.80. The monoisotopic (exact) mass is 637 g/mol. The third-order valence-electron chi connectivity index (χ3n) is 10.3. The Morgan fingerprint density at radius 3 is 2.26 bits per heavy atom. The number of hydrogen-bond donors (Lipinski definition) is 1. The summed E-state index contributed by atoms with van der Waals surface area (Å²) in [4.78, 5) is 49.4. The van der Waals surface area contributed by atoms with Gasteiger partial charge in [0.25, 0.3) is 0 Å². The molecule has 1 N–H and O–H groups in total. The second-order valence-corrected chi connectivity index (χ2v) is 15.4. The Labute approximate surface area is 275 Å². The zero-order valence-electron chi connectivity index (χ0n) is 29.3. The fourth-order valence-corrected chi connectivity index (χ4v) is 8.71. The van der Waals surface area contributed by atoms with Crippen LogP contribution in [-0.4, -0.2) is 87.8 Å². The van der Waals surface area contributed by atoms with Crippen molar-refractivity contribution >= 4 is 23.4 Å². The van der Waals surface area contributed by atoms with E-state index in [4.69, 9.17) is 9.47 Å². The zero-order chi connectivity index (χ0) is 34.4. The van der Waals surface area contributed by atoms with Gasteiger partial charge in [-0.25, -0.2) is 0 Å². The van der Waals surface area contributed by atoms with Gasteiger partial charge in [-0.3, -0.25) is 14.4 Å². The van der Waals surface area contributed by atoms with Crippen LogP contribution in [0.2, 0.25) is 0 Å². The summed E-state index contributed by atoms with van der Waals surface area (Å²) in [6.45, 7) is 26.7. The first-order chi connectivity index (χ1) is 21.4. The van der Waals surface area contributed by atoms with E-state index < -0.39 is 40.7 Å². The molecule has 1 spiro atoms. The Hall–Kier alpha value is -3.17. The Kier molecular flexibility index (Phi) is 9.92. The molecule has 3 saturated heterocycles. The minimum atomic E-state index is -1.23. The molecular weight excluding hydrogens is 582 g/mol. The lowest BCUT2D eigenvalue weighted by molar-refractivity contribution is -0.159. The predicted octanol–water partition coefficient (Wildman–Crippen LogP) is 5.23. The highest BCUT2D eigenvalue weighted by Crippen LogP contribution is 2.66. The molecule has 3 aliphatic rings. The largest absolute Gasteiger partial charge is 0.494 e. The Morgan fingerprint density at radius 2 is 1.74 bits per heavy atom. The smallest absolute Gasteiger partial charge is 0.249 e. The maximum absolute atomic E-state index is 15.0. The van der Waals surface area contributed by atoms with Crippen LogP contribution in [0.3, 0.4) is 0 Å². The molecule has 0 aromatic heterocycles. The second-order valence-electron chi connectivity index (χ2n) is 15.4. The topological polar surface area (TPSA) is 99.6 Å². The van der Waals surface area contributed by atoms with Crippen molar-refractivity contribution in [2.45, 2.75) is 104 Å². The number of fused-ring (bicyclic) bond motifs is 1. The van der Waals surface area contributed by atoms with Crippen LogP contribution in [0.5, 0.6) is 5.75 Å². The van der Waals surface area contributed by atoms with Gasteiger partial charge in [-0.2, -0.15) is 0 Å². The quantitative estimate of drug-likeness (QED) is 0.298. The summed E-state index contributed by atoms with van der Waals surface area (Å²) in [6.07, 6.45) is 4.53. The van der Waals surface area contributed by atoms with Crippen LogP contribution in [0, 0.1) is 23.2 Å². The number of anilines is 1. The van der Waals surface area contributed by atoms with Crippen LogP contribution in [0.1, 0.15) is 75.2 Å². The summed E-state index contributed by atoms with van der Waals surface area (Å²) in [6, 6.07) is 5.63. The van der Waals surface area contributed by atoms with Crippen molar-refractivity contribution in [2.75, 3.05) is 31.2 Å². The van der Waals surface area contributed by atoms with E-state index in [2.05, 4.69) is 33.9 Å². The SMILES string of the molecule is C=CCN(C(=O)[C@@H]1[C@H]2C(=O)N([C@H](C)CO)C(C(=O)N(CC=C)C(C)(C)CC(C)(C)C)C23CC(C)[C@@]1(C)O3)c1ccc(OCC)cc1. The molecule has 46 heavy (non-hydrogen) atoms. The summed E-state index contributed by atoms with van der Waals surface area (Å²) in [7, 11) is 0. The van der Waals surface area contributed by atoms with Crippen molar-refractivity contribution in [1.29, 1.82) is 0 Å². The van der Waals surface area contributed by atoms with Gasteiger partial charge in [0.2, 0.25) is 17.7 Å². The molecule has 3 aliphatic heterocycles. The Balaban J connectivity index is 1.84. The van der Waals surface area contributed by atoms with Crippen LogP contribution < -0.4 is 9.64 Å². The lowest BCUT2D eigenvalue weighted by Gasteiger charge is -2.46. The molecule has 9 heteroatoms. The number of carbonyl (C=O) groups is 3. The van der Waals surface area contributed by atoms with Crippen LogP contribution in [0.15, 0.2) is 49.6 Å². The molecular formula is C37H55N3O6. The first-order valence-corrected chi connectivity index (χ1v) is 16.6.